The Morgan fingerprint density at radius 1 is 1.17 bits per heavy atom. The van der Waals surface area contributed by atoms with E-state index in [1.54, 1.807) is 32.6 Å². The highest BCUT2D eigenvalue weighted by Gasteiger charge is 2.17. The van der Waals surface area contributed by atoms with Crippen molar-refractivity contribution in [2.75, 3.05) is 46.3 Å². The van der Waals surface area contributed by atoms with Crippen LogP contribution in [-0.4, -0.2) is 78.1 Å². The van der Waals surface area contributed by atoms with Gasteiger partial charge in [0.25, 0.3) is 0 Å². The van der Waals surface area contributed by atoms with E-state index in [4.69, 9.17) is 14.2 Å². The van der Waals surface area contributed by atoms with E-state index in [1.165, 1.54) is 6.33 Å². The molecule has 190 valence electrons. The molecule has 11 nitrogen and oxygen atoms in total. The van der Waals surface area contributed by atoms with Crippen molar-refractivity contribution in [2.24, 2.45) is 4.99 Å². The van der Waals surface area contributed by atoms with Gasteiger partial charge in [-0.2, -0.15) is 0 Å². The number of fused-ring (bicyclic) bond motifs is 2. The topological polar surface area (TPSA) is 134 Å². The van der Waals surface area contributed by atoms with Gasteiger partial charge in [0.1, 0.15) is 23.7 Å². The summed E-state index contributed by atoms with van der Waals surface area (Å²) in [5, 5.41) is 14.5. The first-order valence-electron chi connectivity index (χ1n) is 11.7. The van der Waals surface area contributed by atoms with Crippen LogP contribution in [0.4, 0.5) is 11.5 Å². The van der Waals surface area contributed by atoms with Gasteiger partial charge in [-0.05, 0) is 25.7 Å². The Morgan fingerprint density at radius 3 is 2.81 bits per heavy atom. The Morgan fingerprint density at radius 2 is 2.03 bits per heavy atom. The smallest absolute Gasteiger partial charge is 0.203 e. The summed E-state index contributed by atoms with van der Waals surface area (Å²) in [6.45, 7) is 1.71. The number of hydrogen-bond donors (Lipinski definition) is 3. The largest absolute Gasteiger partial charge is 0.494 e. The van der Waals surface area contributed by atoms with Gasteiger partial charge in [-0.25, -0.2) is 14.8 Å². The highest BCUT2D eigenvalue weighted by molar-refractivity contribution is 6.06. The molecule has 1 aliphatic rings. The van der Waals surface area contributed by atoms with Gasteiger partial charge >= 0.3 is 0 Å². The third-order valence-corrected chi connectivity index (χ3v) is 5.99. The van der Waals surface area contributed by atoms with Crippen LogP contribution < -0.4 is 19.5 Å². The third kappa shape index (κ3) is 5.36. The number of hydrogen-bond acceptors (Lipinski definition) is 10. The fraction of sp³-hybridized carbons (Fsp3) is 0.400. The Labute approximate surface area is 208 Å². The van der Waals surface area contributed by atoms with Gasteiger partial charge in [0.15, 0.2) is 17.4 Å². The highest BCUT2D eigenvalue weighted by Crippen LogP contribution is 2.41. The number of allylic oxidation sites excluding steroid dienone is 1. The number of aromatic amines is 1. The molecule has 1 aromatic carbocycles. The zero-order valence-corrected chi connectivity index (χ0v) is 20.6. The third-order valence-electron chi connectivity index (χ3n) is 5.99. The van der Waals surface area contributed by atoms with E-state index >= 15 is 0 Å². The Kier molecular flexibility index (Phi) is 7.92. The SMILES string of the molecule is COc1cc2cc(c1OC)OCCCCC(=C=O)N(C)CCCNc1ncnc3[nH]c(O)c(c13)C=N2. The van der Waals surface area contributed by atoms with Crippen LogP contribution in [0.25, 0.3) is 11.0 Å². The zero-order chi connectivity index (χ0) is 25.5. The molecular weight excluding hydrogens is 464 g/mol. The molecule has 3 N–H and O–H groups in total. The molecule has 1 aliphatic heterocycles. The van der Waals surface area contributed by atoms with Gasteiger partial charge < -0.3 is 34.5 Å². The van der Waals surface area contributed by atoms with Crippen LogP contribution in [0, 0.1) is 0 Å². The maximum atomic E-state index is 11.5. The molecule has 0 amide bonds. The summed E-state index contributed by atoms with van der Waals surface area (Å²) in [5.41, 5.74) is 2.11. The zero-order valence-electron chi connectivity index (χ0n) is 20.6. The molecule has 0 fully saturated rings. The van der Waals surface area contributed by atoms with Gasteiger partial charge in [0.05, 0.1) is 43.2 Å². The number of nitrogens with zero attached hydrogens (tertiary/aromatic N) is 4. The average Bonchev–Trinajstić information content (AvgIpc) is 3.21. The van der Waals surface area contributed by atoms with Gasteiger partial charge in [0.2, 0.25) is 5.75 Å². The van der Waals surface area contributed by atoms with Crippen LogP contribution in [0.15, 0.2) is 29.1 Å². The lowest BCUT2D eigenvalue weighted by Crippen LogP contribution is -2.22. The number of ether oxygens (including phenoxy) is 3. The molecule has 4 rings (SSSR count). The number of benzene rings is 1. The minimum absolute atomic E-state index is 0.0689. The summed E-state index contributed by atoms with van der Waals surface area (Å²) in [7, 11) is 4.98. The number of aromatic nitrogens is 3. The Hall–Kier alpha value is -4.24. The number of methoxy groups -OCH3 is 2. The predicted octanol–water partition coefficient (Wildman–Crippen LogP) is 3.44. The lowest BCUT2D eigenvalue weighted by Gasteiger charge is -2.20. The van der Waals surface area contributed by atoms with Gasteiger partial charge in [-0.3, -0.25) is 4.99 Å². The number of carbonyl (C=O) groups excluding carboxylic acids is 1. The molecule has 0 saturated heterocycles. The standard InChI is InChI=1S/C25H30N6O5/c1-31-9-6-8-26-23-21-18(25(33)30-24(21)29-15-28-23)13-27-16-11-19(34-2)22(35-3)20(12-16)36-10-5-4-7-17(31)14-32/h11-13,15,33H,4-10H2,1-3H3,(H2,26,28,29,30). The fourth-order valence-corrected chi connectivity index (χ4v) is 4.08. The molecule has 0 atom stereocenters. The average molecular weight is 495 g/mol. The first-order valence-corrected chi connectivity index (χ1v) is 11.7. The molecule has 3 aromatic rings. The van der Waals surface area contributed by atoms with Crippen LogP contribution in [0.1, 0.15) is 31.2 Å². The molecular formula is C25H30N6O5. The molecule has 0 radical (unpaired) electrons. The minimum atomic E-state index is -0.0689. The van der Waals surface area contributed by atoms with Crippen molar-refractivity contribution < 1.29 is 24.1 Å². The summed E-state index contributed by atoms with van der Waals surface area (Å²) >= 11 is 0. The molecule has 2 aromatic heterocycles. The molecule has 2 bridgehead atoms. The van der Waals surface area contributed by atoms with E-state index in [2.05, 4.69) is 31.2 Å². The van der Waals surface area contributed by atoms with Crippen LogP contribution >= 0.6 is 0 Å². The first-order chi connectivity index (χ1) is 17.5. The number of rotatable bonds is 2. The van der Waals surface area contributed by atoms with Crippen molar-refractivity contribution in [1.29, 1.82) is 0 Å². The number of anilines is 1. The maximum absolute atomic E-state index is 11.5. The quantitative estimate of drug-likeness (QED) is 0.458. The van der Waals surface area contributed by atoms with E-state index < -0.39 is 0 Å². The molecule has 11 heteroatoms. The predicted molar refractivity (Wildman–Crippen MR) is 137 cm³/mol. The van der Waals surface area contributed by atoms with Crippen molar-refractivity contribution in [3.05, 3.63) is 29.7 Å². The Balaban J connectivity index is 1.75. The summed E-state index contributed by atoms with van der Waals surface area (Å²) in [4.78, 5) is 29.5. The molecule has 0 aliphatic carbocycles. The summed E-state index contributed by atoms with van der Waals surface area (Å²) in [5.74, 6) is 4.00. The molecule has 36 heavy (non-hydrogen) atoms. The fourth-order valence-electron chi connectivity index (χ4n) is 4.08. The summed E-state index contributed by atoms with van der Waals surface area (Å²) in [6, 6.07) is 3.47. The molecule has 3 heterocycles. The normalized spacial score (nSPS) is 15.2. The number of aliphatic imine (C=N–C) groups is 1. The molecule has 0 saturated carbocycles. The maximum Gasteiger partial charge on any atom is 0.203 e. The van der Waals surface area contributed by atoms with E-state index in [1.807, 2.05) is 11.9 Å². The van der Waals surface area contributed by atoms with E-state index in [-0.39, 0.29) is 5.88 Å². The van der Waals surface area contributed by atoms with Crippen LogP contribution in [-0.2, 0) is 4.79 Å². The van der Waals surface area contributed by atoms with Gasteiger partial charge in [0, 0.05) is 38.5 Å². The van der Waals surface area contributed by atoms with E-state index in [0.29, 0.717) is 77.2 Å². The lowest BCUT2D eigenvalue weighted by atomic mass is 10.2. The van der Waals surface area contributed by atoms with E-state index in [0.717, 1.165) is 19.3 Å². The molecule has 0 spiro atoms. The van der Waals surface area contributed by atoms with Crippen molar-refractivity contribution in [3.8, 4) is 23.1 Å². The number of nitrogens with one attached hydrogen (secondary N) is 2. The highest BCUT2D eigenvalue weighted by atomic mass is 16.5. The van der Waals surface area contributed by atoms with E-state index in [9.17, 15) is 9.90 Å². The van der Waals surface area contributed by atoms with Crippen LogP contribution in [0.3, 0.4) is 0 Å². The lowest BCUT2D eigenvalue weighted by molar-refractivity contribution is 0.276. The second kappa shape index (κ2) is 11.5. The second-order valence-electron chi connectivity index (χ2n) is 8.33. The van der Waals surface area contributed by atoms with Gasteiger partial charge in [-0.15, -0.1) is 0 Å². The number of aromatic hydroxyl groups is 1. The Bertz CT molecular complexity index is 1300. The van der Waals surface area contributed by atoms with Crippen molar-refractivity contribution in [3.63, 3.8) is 0 Å². The first kappa shape index (κ1) is 24.9. The number of H-pyrrole nitrogens is 1. The molecule has 0 unspecified atom stereocenters. The van der Waals surface area contributed by atoms with Gasteiger partial charge in [-0.1, -0.05) is 0 Å². The van der Waals surface area contributed by atoms with Crippen LogP contribution in [0.5, 0.6) is 23.1 Å². The monoisotopic (exact) mass is 494 g/mol. The summed E-state index contributed by atoms with van der Waals surface area (Å²) in [6.07, 6.45) is 5.87. The summed E-state index contributed by atoms with van der Waals surface area (Å²) < 4.78 is 17.0. The van der Waals surface area contributed by atoms with Crippen molar-refractivity contribution in [2.45, 2.75) is 25.7 Å². The van der Waals surface area contributed by atoms with Crippen LogP contribution in [0.2, 0.25) is 0 Å². The van der Waals surface area contributed by atoms with Crippen molar-refractivity contribution in [1.82, 2.24) is 19.9 Å². The second-order valence-corrected chi connectivity index (χ2v) is 8.33. The minimum Gasteiger partial charge on any atom is -0.494 e. The van der Waals surface area contributed by atoms with Crippen molar-refractivity contribution >= 4 is 34.7 Å².